The molecule has 3 heterocycles. The van der Waals surface area contributed by atoms with Crippen molar-refractivity contribution in [3.8, 4) is 5.75 Å². The lowest BCUT2D eigenvalue weighted by Gasteiger charge is -2.41. The number of piperidine rings is 1. The standard InChI is InChI=1S/C23H31N5O3/c1-5-28-22(30)27(15-18-7-6-8-20(13-18)31-4)21(29)23(28)9-11-26(12-10-23)16-19-14-24-25(3)17(19)2/h6-8,13-14H,5,9-12,15-16H2,1-4H3. The Morgan fingerprint density at radius 1 is 1.16 bits per heavy atom. The second-order valence-electron chi connectivity index (χ2n) is 8.46. The van der Waals surface area contributed by atoms with Crippen LogP contribution in [-0.2, 0) is 24.9 Å². The van der Waals surface area contributed by atoms with E-state index < -0.39 is 5.54 Å². The van der Waals surface area contributed by atoms with Gasteiger partial charge in [0.05, 0.1) is 19.9 Å². The number of amides is 3. The minimum atomic E-state index is -0.731. The van der Waals surface area contributed by atoms with Crippen LogP contribution in [0, 0.1) is 6.92 Å². The Labute approximate surface area is 183 Å². The van der Waals surface area contributed by atoms with Crippen molar-refractivity contribution < 1.29 is 14.3 Å². The van der Waals surface area contributed by atoms with Crippen LogP contribution in [0.15, 0.2) is 30.5 Å². The molecule has 2 fully saturated rings. The van der Waals surface area contributed by atoms with Crippen LogP contribution in [0.25, 0.3) is 0 Å². The summed E-state index contributed by atoms with van der Waals surface area (Å²) in [7, 11) is 3.56. The first kappa shape index (κ1) is 21.4. The van der Waals surface area contributed by atoms with E-state index in [-0.39, 0.29) is 18.5 Å². The Morgan fingerprint density at radius 3 is 2.52 bits per heavy atom. The zero-order valence-electron chi connectivity index (χ0n) is 18.8. The molecule has 0 unspecified atom stereocenters. The molecule has 2 saturated heterocycles. The lowest BCUT2D eigenvalue weighted by molar-refractivity contribution is -0.136. The Bertz CT molecular complexity index is 977. The molecule has 2 aromatic rings. The third-order valence-corrected chi connectivity index (χ3v) is 6.83. The molecule has 0 bridgehead atoms. The minimum absolute atomic E-state index is 0.0700. The van der Waals surface area contributed by atoms with Gasteiger partial charge in [0.2, 0.25) is 0 Å². The number of carbonyl (C=O) groups excluding carboxylic acids is 2. The van der Waals surface area contributed by atoms with Crippen LogP contribution >= 0.6 is 0 Å². The summed E-state index contributed by atoms with van der Waals surface area (Å²) in [4.78, 5) is 32.3. The molecule has 0 atom stereocenters. The third kappa shape index (κ3) is 3.69. The van der Waals surface area contributed by atoms with Gasteiger partial charge in [-0.3, -0.25) is 19.3 Å². The van der Waals surface area contributed by atoms with E-state index in [1.165, 1.54) is 10.5 Å². The summed E-state index contributed by atoms with van der Waals surface area (Å²) in [6.07, 6.45) is 3.22. The summed E-state index contributed by atoms with van der Waals surface area (Å²) in [5.41, 5.74) is 2.52. The van der Waals surface area contributed by atoms with Gasteiger partial charge in [-0.15, -0.1) is 0 Å². The van der Waals surface area contributed by atoms with Gasteiger partial charge in [0, 0.05) is 44.5 Å². The first-order valence-electron chi connectivity index (χ1n) is 10.9. The van der Waals surface area contributed by atoms with Crippen LogP contribution in [0.1, 0.15) is 36.6 Å². The molecule has 2 aliphatic heterocycles. The molecular formula is C23H31N5O3. The number of nitrogens with zero attached hydrogens (tertiary/aromatic N) is 5. The van der Waals surface area contributed by atoms with Crippen LogP contribution in [0.2, 0.25) is 0 Å². The second kappa shape index (κ2) is 8.34. The lowest BCUT2D eigenvalue weighted by Crippen LogP contribution is -2.56. The van der Waals surface area contributed by atoms with E-state index in [0.29, 0.717) is 19.4 Å². The number of hydrogen-bond donors (Lipinski definition) is 0. The highest BCUT2D eigenvalue weighted by molar-refractivity contribution is 6.07. The average molecular weight is 426 g/mol. The van der Waals surface area contributed by atoms with Gasteiger partial charge in [-0.1, -0.05) is 12.1 Å². The summed E-state index contributed by atoms with van der Waals surface area (Å²) < 4.78 is 7.17. The smallest absolute Gasteiger partial charge is 0.327 e. The van der Waals surface area contributed by atoms with Gasteiger partial charge >= 0.3 is 6.03 Å². The van der Waals surface area contributed by atoms with Gasteiger partial charge in [0.25, 0.3) is 5.91 Å². The fourth-order valence-corrected chi connectivity index (χ4v) is 4.82. The van der Waals surface area contributed by atoms with Crippen molar-refractivity contribution in [3.63, 3.8) is 0 Å². The molecule has 1 spiro atoms. The topological polar surface area (TPSA) is 70.9 Å². The van der Waals surface area contributed by atoms with Crippen molar-refractivity contribution in [1.82, 2.24) is 24.5 Å². The number of methoxy groups -OCH3 is 1. The van der Waals surface area contributed by atoms with Crippen molar-refractivity contribution in [3.05, 3.63) is 47.3 Å². The second-order valence-corrected chi connectivity index (χ2v) is 8.46. The number of carbonyl (C=O) groups is 2. The van der Waals surface area contributed by atoms with E-state index in [9.17, 15) is 9.59 Å². The summed E-state index contributed by atoms with van der Waals surface area (Å²) in [5.74, 6) is 0.650. The first-order chi connectivity index (χ1) is 14.9. The number of imide groups is 1. The summed E-state index contributed by atoms with van der Waals surface area (Å²) in [6, 6.07) is 7.35. The highest BCUT2D eigenvalue weighted by Crippen LogP contribution is 2.38. The molecule has 0 saturated carbocycles. The molecule has 1 aromatic carbocycles. The van der Waals surface area contributed by atoms with Crippen molar-refractivity contribution in [1.29, 1.82) is 0 Å². The van der Waals surface area contributed by atoms with Crippen LogP contribution in [0.4, 0.5) is 4.79 Å². The van der Waals surface area contributed by atoms with E-state index in [0.717, 1.165) is 36.6 Å². The Kier molecular flexibility index (Phi) is 5.75. The fraction of sp³-hybridized carbons (Fsp3) is 0.522. The maximum absolute atomic E-state index is 13.5. The van der Waals surface area contributed by atoms with E-state index in [4.69, 9.17) is 4.74 Å². The minimum Gasteiger partial charge on any atom is -0.497 e. The Morgan fingerprint density at radius 2 is 1.90 bits per heavy atom. The molecule has 1 aromatic heterocycles. The van der Waals surface area contributed by atoms with Gasteiger partial charge in [-0.25, -0.2) is 4.79 Å². The summed E-state index contributed by atoms with van der Waals surface area (Å²) in [6.45, 7) is 7.19. The Hall–Kier alpha value is -2.87. The zero-order chi connectivity index (χ0) is 22.2. The SMILES string of the molecule is CCN1C(=O)N(Cc2cccc(OC)c2)C(=O)C12CCN(Cc1cnn(C)c1C)CC2. The summed E-state index contributed by atoms with van der Waals surface area (Å²) >= 11 is 0. The van der Waals surface area contributed by atoms with E-state index >= 15 is 0 Å². The molecule has 0 aliphatic carbocycles. The fourth-order valence-electron chi connectivity index (χ4n) is 4.82. The van der Waals surface area contributed by atoms with Crippen LogP contribution in [-0.4, -0.2) is 68.7 Å². The lowest BCUT2D eigenvalue weighted by atomic mass is 9.85. The molecule has 0 radical (unpaired) electrons. The zero-order valence-corrected chi connectivity index (χ0v) is 18.8. The Balaban J connectivity index is 1.49. The number of urea groups is 1. The maximum atomic E-state index is 13.5. The molecule has 4 rings (SSSR count). The highest BCUT2D eigenvalue weighted by atomic mass is 16.5. The van der Waals surface area contributed by atoms with Gasteiger partial charge in [-0.2, -0.15) is 5.10 Å². The molecule has 0 N–H and O–H groups in total. The highest BCUT2D eigenvalue weighted by Gasteiger charge is 2.57. The number of rotatable bonds is 6. The van der Waals surface area contributed by atoms with E-state index in [1.54, 1.807) is 12.0 Å². The number of likely N-dealkylation sites (N-methyl/N-ethyl adjacent to an activating group) is 1. The molecule has 2 aliphatic rings. The number of likely N-dealkylation sites (tertiary alicyclic amines) is 1. The number of ether oxygens (including phenoxy) is 1. The van der Waals surface area contributed by atoms with Gasteiger partial charge in [0.15, 0.2) is 0 Å². The predicted molar refractivity (Wildman–Crippen MR) is 117 cm³/mol. The molecule has 31 heavy (non-hydrogen) atoms. The molecular weight excluding hydrogens is 394 g/mol. The van der Waals surface area contributed by atoms with Crippen molar-refractivity contribution in [2.75, 3.05) is 26.7 Å². The van der Waals surface area contributed by atoms with Gasteiger partial charge in [-0.05, 0) is 44.4 Å². The van der Waals surface area contributed by atoms with Crippen molar-refractivity contribution in [2.45, 2.75) is 45.3 Å². The van der Waals surface area contributed by atoms with Crippen LogP contribution in [0.5, 0.6) is 5.75 Å². The maximum Gasteiger partial charge on any atom is 0.327 e. The normalized spacial score (nSPS) is 19.0. The number of hydrogen-bond acceptors (Lipinski definition) is 5. The van der Waals surface area contributed by atoms with E-state index in [2.05, 4.69) is 16.9 Å². The molecule has 8 heteroatoms. The molecule has 3 amide bonds. The number of aryl methyl sites for hydroxylation is 1. The van der Waals surface area contributed by atoms with Gasteiger partial charge in [0.1, 0.15) is 11.3 Å². The first-order valence-corrected chi connectivity index (χ1v) is 10.9. The largest absolute Gasteiger partial charge is 0.497 e. The molecule has 8 nitrogen and oxygen atoms in total. The van der Waals surface area contributed by atoms with Crippen molar-refractivity contribution >= 4 is 11.9 Å². The average Bonchev–Trinajstić information content (AvgIpc) is 3.19. The molecule has 166 valence electrons. The summed E-state index contributed by atoms with van der Waals surface area (Å²) in [5, 5.41) is 4.33. The van der Waals surface area contributed by atoms with Crippen molar-refractivity contribution in [2.24, 2.45) is 7.05 Å². The van der Waals surface area contributed by atoms with Gasteiger partial charge < -0.3 is 9.64 Å². The van der Waals surface area contributed by atoms with E-state index in [1.807, 2.05) is 49.1 Å². The monoisotopic (exact) mass is 425 g/mol. The quantitative estimate of drug-likeness (QED) is 0.666. The number of aromatic nitrogens is 2. The predicted octanol–water partition coefficient (Wildman–Crippen LogP) is 2.56. The number of benzene rings is 1. The third-order valence-electron chi connectivity index (χ3n) is 6.83. The van der Waals surface area contributed by atoms with Crippen LogP contribution < -0.4 is 4.74 Å². The van der Waals surface area contributed by atoms with Crippen LogP contribution in [0.3, 0.4) is 0 Å².